The topological polar surface area (TPSA) is 75.2 Å². The number of benzene rings is 1. The molecule has 0 atom stereocenters. The van der Waals surface area contributed by atoms with Gasteiger partial charge in [0.05, 0.1) is 19.2 Å². The Labute approximate surface area is 111 Å². The fourth-order valence-electron chi connectivity index (χ4n) is 2.04. The molecule has 5 nitrogen and oxygen atoms in total. The molecule has 0 fully saturated rings. The first-order valence-corrected chi connectivity index (χ1v) is 5.93. The van der Waals surface area contributed by atoms with E-state index in [4.69, 9.17) is 9.84 Å². The van der Waals surface area contributed by atoms with E-state index in [-0.39, 0.29) is 6.42 Å². The molecule has 0 aliphatic carbocycles. The van der Waals surface area contributed by atoms with Gasteiger partial charge in [0.2, 0.25) is 0 Å². The number of aromatic amines is 1. The largest absolute Gasteiger partial charge is 0.496 e. The minimum Gasteiger partial charge on any atom is -0.496 e. The number of aryl methyl sites for hydroxylation is 2. The molecule has 0 spiro atoms. The van der Waals surface area contributed by atoms with E-state index < -0.39 is 5.97 Å². The van der Waals surface area contributed by atoms with Crippen LogP contribution in [0, 0.1) is 13.8 Å². The van der Waals surface area contributed by atoms with Crippen LogP contribution in [0.25, 0.3) is 11.3 Å². The predicted octanol–water partition coefficient (Wildman–Crippen LogP) is 2.33. The molecule has 0 unspecified atom stereocenters. The Bertz CT molecular complexity index is 617. The normalized spacial score (nSPS) is 10.5. The van der Waals surface area contributed by atoms with Crippen molar-refractivity contribution in [3.05, 3.63) is 35.0 Å². The number of nitrogens with one attached hydrogen (secondary N) is 1. The number of aromatic nitrogens is 2. The van der Waals surface area contributed by atoms with Crippen LogP contribution in [-0.4, -0.2) is 28.4 Å². The number of carboxylic acids is 1. The van der Waals surface area contributed by atoms with Gasteiger partial charge in [0.15, 0.2) is 0 Å². The van der Waals surface area contributed by atoms with E-state index in [1.165, 1.54) is 0 Å². The van der Waals surface area contributed by atoms with Crippen LogP contribution in [0.4, 0.5) is 0 Å². The highest BCUT2D eigenvalue weighted by molar-refractivity contribution is 5.71. The number of ether oxygens (including phenoxy) is 1. The van der Waals surface area contributed by atoms with E-state index in [0.29, 0.717) is 5.69 Å². The molecule has 0 bridgehead atoms. The number of methoxy groups -OCH3 is 1. The molecule has 1 aromatic carbocycles. The van der Waals surface area contributed by atoms with Gasteiger partial charge in [-0.05, 0) is 43.2 Å². The Kier molecular flexibility index (Phi) is 3.55. The number of rotatable bonds is 4. The summed E-state index contributed by atoms with van der Waals surface area (Å²) in [5.41, 5.74) is 4.38. The van der Waals surface area contributed by atoms with Crippen LogP contribution in [0.5, 0.6) is 5.75 Å². The van der Waals surface area contributed by atoms with Crippen molar-refractivity contribution in [1.82, 2.24) is 10.2 Å². The molecule has 0 saturated carbocycles. The molecule has 0 aliphatic rings. The van der Waals surface area contributed by atoms with Crippen molar-refractivity contribution in [2.24, 2.45) is 0 Å². The van der Waals surface area contributed by atoms with Crippen LogP contribution in [0.2, 0.25) is 0 Å². The van der Waals surface area contributed by atoms with Crippen molar-refractivity contribution in [2.75, 3.05) is 7.11 Å². The number of H-pyrrole nitrogens is 1. The zero-order chi connectivity index (χ0) is 14.0. The van der Waals surface area contributed by atoms with Crippen LogP contribution in [0.3, 0.4) is 0 Å². The maximum Gasteiger partial charge on any atom is 0.309 e. The van der Waals surface area contributed by atoms with Gasteiger partial charge in [-0.15, -0.1) is 0 Å². The van der Waals surface area contributed by atoms with E-state index in [1.54, 1.807) is 13.2 Å². The lowest BCUT2D eigenvalue weighted by atomic mass is 10.0. The Hall–Kier alpha value is -2.30. The Balaban J connectivity index is 2.39. The molecule has 0 radical (unpaired) electrons. The number of hydrogen-bond acceptors (Lipinski definition) is 3. The molecule has 1 heterocycles. The van der Waals surface area contributed by atoms with E-state index in [2.05, 4.69) is 10.2 Å². The molecule has 0 amide bonds. The lowest BCUT2D eigenvalue weighted by Gasteiger charge is -2.09. The van der Waals surface area contributed by atoms with Gasteiger partial charge in [0.1, 0.15) is 5.75 Å². The van der Waals surface area contributed by atoms with Crippen molar-refractivity contribution < 1.29 is 14.6 Å². The van der Waals surface area contributed by atoms with Crippen LogP contribution in [0.1, 0.15) is 16.8 Å². The van der Waals surface area contributed by atoms with Crippen LogP contribution in [0.15, 0.2) is 18.2 Å². The van der Waals surface area contributed by atoms with Gasteiger partial charge < -0.3 is 9.84 Å². The van der Waals surface area contributed by atoms with Crippen molar-refractivity contribution in [2.45, 2.75) is 20.3 Å². The number of aliphatic carboxylic acids is 1. The molecule has 19 heavy (non-hydrogen) atoms. The number of nitrogens with zero attached hydrogens (tertiary/aromatic N) is 1. The first-order chi connectivity index (χ1) is 9.01. The fraction of sp³-hybridized carbons (Fsp3) is 0.286. The molecule has 100 valence electrons. The highest BCUT2D eigenvalue weighted by Crippen LogP contribution is 2.29. The Morgan fingerprint density at radius 1 is 1.32 bits per heavy atom. The molecule has 2 rings (SSSR count). The third-order valence-electron chi connectivity index (χ3n) is 2.99. The Morgan fingerprint density at radius 2 is 2.05 bits per heavy atom. The highest BCUT2D eigenvalue weighted by Gasteiger charge is 2.11. The second-order valence-corrected chi connectivity index (χ2v) is 4.49. The van der Waals surface area contributed by atoms with E-state index >= 15 is 0 Å². The zero-order valence-corrected chi connectivity index (χ0v) is 11.2. The van der Waals surface area contributed by atoms with Gasteiger partial charge in [0.25, 0.3) is 0 Å². The Morgan fingerprint density at radius 3 is 2.68 bits per heavy atom. The molecule has 2 aromatic rings. The third kappa shape index (κ3) is 2.76. The van der Waals surface area contributed by atoms with Crippen molar-refractivity contribution >= 4 is 5.97 Å². The van der Waals surface area contributed by atoms with E-state index in [1.807, 2.05) is 26.0 Å². The number of carbonyl (C=O) groups is 1. The van der Waals surface area contributed by atoms with Gasteiger partial charge in [-0.2, -0.15) is 5.10 Å². The summed E-state index contributed by atoms with van der Waals surface area (Å²) in [5.74, 6) is -0.0413. The standard InChI is InChI=1S/C14H16N2O3/c1-8-5-13(19-3)9(2)4-11(8)12-6-10(15-16-12)7-14(17)18/h4-6H,7H2,1-3H3,(H,15,16)(H,17,18). The maximum absolute atomic E-state index is 10.7. The fourth-order valence-corrected chi connectivity index (χ4v) is 2.04. The second kappa shape index (κ2) is 5.14. The molecule has 0 saturated heterocycles. The van der Waals surface area contributed by atoms with Crippen LogP contribution >= 0.6 is 0 Å². The van der Waals surface area contributed by atoms with Crippen LogP contribution in [-0.2, 0) is 11.2 Å². The van der Waals surface area contributed by atoms with Gasteiger partial charge in [-0.3, -0.25) is 9.89 Å². The van der Waals surface area contributed by atoms with Gasteiger partial charge in [-0.25, -0.2) is 0 Å². The SMILES string of the molecule is COc1cc(C)c(-c2cc(CC(=O)O)[nH]n2)cc1C. The monoisotopic (exact) mass is 260 g/mol. The van der Waals surface area contributed by atoms with E-state index in [0.717, 1.165) is 28.1 Å². The summed E-state index contributed by atoms with van der Waals surface area (Å²) in [5, 5.41) is 15.7. The summed E-state index contributed by atoms with van der Waals surface area (Å²) in [4.78, 5) is 10.7. The number of hydrogen-bond donors (Lipinski definition) is 2. The molecule has 2 N–H and O–H groups in total. The maximum atomic E-state index is 10.7. The molecule has 5 heteroatoms. The highest BCUT2D eigenvalue weighted by atomic mass is 16.5. The smallest absolute Gasteiger partial charge is 0.309 e. The van der Waals surface area contributed by atoms with Crippen LogP contribution < -0.4 is 4.74 Å². The lowest BCUT2D eigenvalue weighted by Crippen LogP contribution is -1.99. The first kappa shape index (κ1) is 13.1. The zero-order valence-electron chi connectivity index (χ0n) is 11.2. The molecule has 0 aliphatic heterocycles. The lowest BCUT2D eigenvalue weighted by molar-refractivity contribution is -0.136. The van der Waals surface area contributed by atoms with E-state index in [9.17, 15) is 4.79 Å². The van der Waals surface area contributed by atoms with Crippen molar-refractivity contribution in [1.29, 1.82) is 0 Å². The average Bonchev–Trinajstić information content (AvgIpc) is 2.79. The van der Waals surface area contributed by atoms with Gasteiger partial charge >= 0.3 is 5.97 Å². The summed E-state index contributed by atoms with van der Waals surface area (Å²) >= 11 is 0. The van der Waals surface area contributed by atoms with Crippen molar-refractivity contribution in [3.8, 4) is 17.0 Å². The summed E-state index contributed by atoms with van der Waals surface area (Å²) in [6.45, 7) is 3.94. The minimum atomic E-state index is -0.877. The minimum absolute atomic E-state index is 0.0544. The molecule has 1 aromatic heterocycles. The molecular formula is C14H16N2O3. The van der Waals surface area contributed by atoms with Gasteiger partial charge in [0, 0.05) is 11.3 Å². The summed E-state index contributed by atoms with van der Waals surface area (Å²) in [6.07, 6.45) is -0.0544. The van der Waals surface area contributed by atoms with Gasteiger partial charge in [-0.1, -0.05) is 0 Å². The first-order valence-electron chi connectivity index (χ1n) is 5.93. The number of carboxylic acid groups (broad SMARTS) is 1. The summed E-state index contributed by atoms with van der Waals surface area (Å²) < 4.78 is 5.27. The second-order valence-electron chi connectivity index (χ2n) is 4.49. The average molecular weight is 260 g/mol. The third-order valence-corrected chi connectivity index (χ3v) is 2.99. The summed E-state index contributed by atoms with van der Waals surface area (Å²) in [7, 11) is 1.64. The summed E-state index contributed by atoms with van der Waals surface area (Å²) in [6, 6.07) is 5.72. The van der Waals surface area contributed by atoms with Crippen molar-refractivity contribution in [3.63, 3.8) is 0 Å². The quantitative estimate of drug-likeness (QED) is 0.884. The predicted molar refractivity (Wildman–Crippen MR) is 71.4 cm³/mol. The molecular weight excluding hydrogens is 244 g/mol.